The summed E-state index contributed by atoms with van der Waals surface area (Å²) >= 11 is 0. The number of hydrogen-bond acceptors (Lipinski definition) is 4. The van der Waals surface area contributed by atoms with Crippen molar-refractivity contribution in [2.75, 3.05) is 18.1 Å². The molecule has 0 saturated carbocycles. The third-order valence-corrected chi connectivity index (χ3v) is 2.88. The predicted molar refractivity (Wildman–Crippen MR) is 71.4 cm³/mol. The molecule has 0 unspecified atom stereocenters. The highest BCUT2D eigenvalue weighted by atomic mass is 16.3. The molecule has 1 atom stereocenters. The van der Waals surface area contributed by atoms with Crippen LogP contribution in [0.3, 0.4) is 0 Å². The standard InChI is InChI=1S/C14H20N2O2/c1-10(2)16(6-7-17)14-8-12(9-15)4-5-13(14)11(3)18/h4-5,8,10-11,17-18H,6-7H2,1-3H3/t11-/m1/s1. The van der Waals surface area contributed by atoms with Crippen molar-refractivity contribution in [3.8, 4) is 6.07 Å². The Morgan fingerprint density at radius 3 is 2.44 bits per heavy atom. The highest BCUT2D eigenvalue weighted by Crippen LogP contribution is 2.28. The summed E-state index contributed by atoms with van der Waals surface area (Å²) in [5, 5.41) is 27.9. The van der Waals surface area contributed by atoms with E-state index in [2.05, 4.69) is 6.07 Å². The minimum Gasteiger partial charge on any atom is -0.395 e. The van der Waals surface area contributed by atoms with Crippen molar-refractivity contribution >= 4 is 5.69 Å². The third-order valence-electron chi connectivity index (χ3n) is 2.88. The molecule has 0 aliphatic rings. The molecule has 0 heterocycles. The summed E-state index contributed by atoms with van der Waals surface area (Å²) in [4.78, 5) is 1.99. The van der Waals surface area contributed by atoms with Crippen LogP contribution in [0.2, 0.25) is 0 Å². The number of hydrogen-bond donors (Lipinski definition) is 2. The Hall–Kier alpha value is -1.57. The molecule has 1 aromatic carbocycles. The van der Waals surface area contributed by atoms with Crippen molar-refractivity contribution in [2.24, 2.45) is 0 Å². The van der Waals surface area contributed by atoms with Gasteiger partial charge in [-0.15, -0.1) is 0 Å². The van der Waals surface area contributed by atoms with Crippen LogP contribution in [-0.2, 0) is 0 Å². The highest BCUT2D eigenvalue weighted by molar-refractivity contribution is 5.59. The Bertz CT molecular complexity index is 436. The van der Waals surface area contributed by atoms with Crippen LogP contribution in [0.5, 0.6) is 0 Å². The van der Waals surface area contributed by atoms with E-state index < -0.39 is 6.10 Å². The van der Waals surface area contributed by atoms with Gasteiger partial charge in [-0.1, -0.05) is 6.07 Å². The fourth-order valence-corrected chi connectivity index (χ4v) is 1.98. The lowest BCUT2D eigenvalue weighted by atomic mass is 10.0. The van der Waals surface area contributed by atoms with Crippen molar-refractivity contribution in [2.45, 2.75) is 32.9 Å². The van der Waals surface area contributed by atoms with Gasteiger partial charge in [0.2, 0.25) is 0 Å². The predicted octanol–water partition coefficient (Wildman–Crippen LogP) is 1.82. The van der Waals surface area contributed by atoms with Crippen LogP contribution in [0.15, 0.2) is 18.2 Å². The minimum atomic E-state index is -0.604. The van der Waals surface area contributed by atoms with Crippen molar-refractivity contribution in [3.63, 3.8) is 0 Å². The topological polar surface area (TPSA) is 67.5 Å². The lowest BCUT2D eigenvalue weighted by Gasteiger charge is -2.31. The van der Waals surface area contributed by atoms with E-state index >= 15 is 0 Å². The SMILES string of the molecule is CC(C)N(CCO)c1cc(C#N)ccc1[C@@H](C)O. The first-order chi connectivity index (χ1) is 8.51. The zero-order valence-corrected chi connectivity index (χ0v) is 11.1. The maximum Gasteiger partial charge on any atom is 0.0992 e. The zero-order valence-electron chi connectivity index (χ0n) is 11.1. The summed E-state index contributed by atoms with van der Waals surface area (Å²) in [6, 6.07) is 7.51. The van der Waals surface area contributed by atoms with Gasteiger partial charge in [0.15, 0.2) is 0 Å². The number of aliphatic hydroxyl groups is 2. The molecule has 0 aromatic heterocycles. The van der Waals surface area contributed by atoms with Crippen LogP contribution in [0, 0.1) is 11.3 Å². The van der Waals surface area contributed by atoms with Gasteiger partial charge in [-0.25, -0.2) is 0 Å². The molecule has 98 valence electrons. The fraction of sp³-hybridized carbons (Fsp3) is 0.500. The van der Waals surface area contributed by atoms with Crippen molar-refractivity contribution in [3.05, 3.63) is 29.3 Å². The summed E-state index contributed by atoms with van der Waals surface area (Å²) in [7, 11) is 0. The Kier molecular flexibility index (Phi) is 5.14. The average molecular weight is 248 g/mol. The van der Waals surface area contributed by atoms with Crippen molar-refractivity contribution < 1.29 is 10.2 Å². The molecule has 0 aliphatic carbocycles. The lowest BCUT2D eigenvalue weighted by Crippen LogP contribution is -2.34. The maximum atomic E-state index is 9.79. The van der Waals surface area contributed by atoms with E-state index in [9.17, 15) is 5.11 Å². The number of anilines is 1. The lowest BCUT2D eigenvalue weighted by molar-refractivity contribution is 0.199. The van der Waals surface area contributed by atoms with E-state index in [-0.39, 0.29) is 12.6 Å². The Labute approximate surface area is 108 Å². The molecular formula is C14H20N2O2. The molecule has 1 aromatic rings. The van der Waals surface area contributed by atoms with Crippen LogP contribution in [-0.4, -0.2) is 29.4 Å². The first-order valence-electron chi connectivity index (χ1n) is 6.10. The van der Waals surface area contributed by atoms with Gasteiger partial charge in [-0.2, -0.15) is 5.26 Å². The third kappa shape index (κ3) is 3.22. The average Bonchev–Trinajstić information content (AvgIpc) is 2.34. The van der Waals surface area contributed by atoms with E-state index in [1.165, 1.54) is 0 Å². The summed E-state index contributed by atoms with van der Waals surface area (Å²) < 4.78 is 0. The summed E-state index contributed by atoms with van der Waals surface area (Å²) in [5.41, 5.74) is 2.14. The Morgan fingerprint density at radius 1 is 1.33 bits per heavy atom. The number of rotatable bonds is 5. The van der Waals surface area contributed by atoms with Crippen LogP contribution < -0.4 is 4.90 Å². The van der Waals surface area contributed by atoms with Gasteiger partial charge in [0.1, 0.15) is 0 Å². The fourth-order valence-electron chi connectivity index (χ4n) is 1.98. The first kappa shape index (κ1) is 14.5. The first-order valence-corrected chi connectivity index (χ1v) is 6.10. The second-order valence-electron chi connectivity index (χ2n) is 4.57. The van der Waals surface area contributed by atoms with Gasteiger partial charge in [0.25, 0.3) is 0 Å². The molecule has 4 nitrogen and oxygen atoms in total. The Balaban J connectivity index is 3.28. The molecule has 2 N–H and O–H groups in total. The van der Waals surface area contributed by atoms with Gasteiger partial charge < -0.3 is 15.1 Å². The number of benzene rings is 1. The molecule has 4 heteroatoms. The van der Waals surface area contributed by atoms with Crippen LogP contribution in [0.25, 0.3) is 0 Å². The van der Waals surface area contributed by atoms with Crippen molar-refractivity contribution in [1.82, 2.24) is 0 Å². The molecule has 0 spiro atoms. The molecule has 0 fully saturated rings. The van der Waals surface area contributed by atoms with E-state index in [4.69, 9.17) is 10.4 Å². The smallest absolute Gasteiger partial charge is 0.0992 e. The monoisotopic (exact) mass is 248 g/mol. The summed E-state index contributed by atoms with van der Waals surface area (Å²) in [6.07, 6.45) is -0.604. The van der Waals surface area contributed by atoms with Crippen LogP contribution in [0.4, 0.5) is 5.69 Å². The van der Waals surface area contributed by atoms with Gasteiger partial charge in [0, 0.05) is 23.8 Å². The molecule has 0 bridgehead atoms. The van der Waals surface area contributed by atoms with E-state index in [1.807, 2.05) is 18.7 Å². The van der Waals surface area contributed by atoms with E-state index in [1.54, 1.807) is 25.1 Å². The van der Waals surface area contributed by atoms with Gasteiger partial charge >= 0.3 is 0 Å². The van der Waals surface area contributed by atoms with Crippen molar-refractivity contribution in [1.29, 1.82) is 5.26 Å². The molecule has 1 rings (SSSR count). The summed E-state index contributed by atoms with van der Waals surface area (Å²) in [5.74, 6) is 0. The zero-order chi connectivity index (χ0) is 13.7. The molecular weight excluding hydrogens is 228 g/mol. The van der Waals surface area contributed by atoms with Gasteiger partial charge in [-0.3, -0.25) is 0 Å². The minimum absolute atomic E-state index is 0.0359. The highest BCUT2D eigenvalue weighted by Gasteiger charge is 2.17. The largest absolute Gasteiger partial charge is 0.395 e. The molecule has 0 aliphatic heterocycles. The number of nitriles is 1. The summed E-state index contributed by atoms with van der Waals surface area (Å²) in [6.45, 7) is 6.24. The second kappa shape index (κ2) is 6.39. The van der Waals surface area contributed by atoms with Gasteiger partial charge in [0.05, 0.1) is 24.3 Å². The Morgan fingerprint density at radius 2 is 2.00 bits per heavy atom. The normalized spacial score (nSPS) is 12.3. The molecule has 0 radical (unpaired) electrons. The maximum absolute atomic E-state index is 9.79. The molecule has 18 heavy (non-hydrogen) atoms. The quantitative estimate of drug-likeness (QED) is 0.834. The van der Waals surface area contributed by atoms with E-state index in [0.29, 0.717) is 12.1 Å². The van der Waals surface area contributed by atoms with E-state index in [0.717, 1.165) is 11.3 Å². The van der Waals surface area contributed by atoms with Crippen LogP contribution >= 0.6 is 0 Å². The second-order valence-corrected chi connectivity index (χ2v) is 4.57. The number of nitrogens with zero attached hydrogens (tertiary/aromatic N) is 2. The molecule has 0 saturated heterocycles. The van der Waals surface area contributed by atoms with Crippen LogP contribution in [0.1, 0.15) is 38.0 Å². The molecule has 0 amide bonds. The van der Waals surface area contributed by atoms with Gasteiger partial charge in [-0.05, 0) is 32.9 Å². The number of aliphatic hydroxyl groups excluding tert-OH is 2.